The molecule has 1 amide bonds. The normalized spacial score (nSPS) is 10.6. The second-order valence-electron chi connectivity index (χ2n) is 6.76. The molecule has 150 valence electrons. The number of hydrogen-bond acceptors (Lipinski definition) is 6. The number of amides is 1. The molecule has 0 aliphatic heterocycles. The van der Waals surface area contributed by atoms with Crippen LogP contribution in [0.25, 0.3) is 0 Å². The molecule has 0 spiro atoms. The van der Waals surface area contributed by atoms with E-state index in [1.165, 1.54) is 24.3 Å². The smallest absolute Gasteiger partial charge is 0.310 e. The van der Waals surface area contributed by atoms with E-state index in [9.17, 15) is 14.9 Å². The Labute approximate surface area is 172 Å². The van der Waals surface area contributed by atoms with Gasteiger partial charge in [0.05, 0.1) is 16.3 Å². The van der Waals surface area contributed by atoms with Crippen LogP contribution < -0.4 is 9.64 Å². The third kappa shape index (κ3) is 4.60. The number of thiazole rings is 1. The monoisotopic (exact) mass is 411 g/mol. The third-order valence-electron chi connectivity index (χ3n) is 4.48. The van der Waals surface area contributed by atoms with Crippen molar-refractivity contribution in [1.82, 2.24) is 4.98 Å². The Bertz CT molecular complexity index is 1080. The van der Waals surface area contributed by atoms with E-state index < -0.39 is 4.92 Å². The summed E-state index contributed by atoms with van der Waals surface area (Å²) in [6.45, 7) is 7.40. The lowest BCUT2D eigenvalue weighted by atomic mass is 10.1. The van der Waals surface area contributed by atoms with Crippen LogP contribution in [0.2, 0.25) is 0 Å². The number of ether oxygens (including phenoxy) is 1. The summed E-state index contributed by atoms with van der Waals surface area (Å²) in [5.74, 6) is 0.0477. The minimum atomic E-state index is -0.474. The van der Waals surface area contributed by atoms with E-state index >= 15 is 0 Å². The van der Waals surface area contributed by atoms with Crippen LogP contribution in [-0.2, 0) is 11.4 Å². The van der Waals surface area contributed by atoms with Gasteiger partial charge < -0.3 is 4.74 Å². The van der Waals surface area contributed by atoms with E-state index in [0.29, 0.717) is 10.8 Å². The number of aryl methyl sites for hydroxylation is 3. The Morgan fingerprint density at radius 2 is 1.93 bits per heavy atom. The van der Waals surface area contributed by atoms with Gasteiger partial charge in [-0.15, -0.1) is 11.3 Å². The second-order valence-corrected chi connectivity index (χ2v) is 7.60. The number of hydrogen-bond donors (Lipinski definition) is 0. The molecule has 29 heavy (non-hydrogen) atoms. The van der Waals surface area contributed by atoms with Crippen LogP contribution in [-0.4, -0.2) is 15.8 Å². The molecule has 1 aromatic heterocycles. The maximum absolute atomic E-state index is 12.3. The average molecular weight is 411 g/mol. The molecule has 0 fully saturated rings. The number of carbonyl (C=O) groups is 1. The molecular weight excluding hydrogens is 390 g/mol. The fourth-order valence-corrected chi connectivity index (χ4v) is 3.67. The quantitative estimate of drug-likeness (QED) is 0.409. The predicted molar refractivity (Wildman–Crippen MR) is 113 cm³/mol. The molecule has 0 aliphatic rings. The van der Waals surface area contributed by atoms with E-state index in [-0.39, 0.29) is 24.0 Å². The topological polar surface area (TPSA) is 85.6 Å². The number of rotatable bonds is 6. The van der Waals surface area contributed by atoms with Gasteiger partial charge in [0.2, 0.25) is 5.91 Å². The SMILES string of the molecule is CC(=O)N(c1ccc(C)c(C)c1)c1nc(COc2cc(C)ccc2[N+](=O)[O-])cs1. The van der Waals surface area contributed by atoms with Crippen LogP contribution in [0.3, 0.4) is 0 Å². The van der Waals surface area contributed by atoms with Crippen molar-refractivity contribution in [2.24, 2.45) is 0 Å². The van der Waals surface area contributed by atoms with Crippen molar-refractivity contribution < 1.29 is 14.5 Å². The van der Waals surface area contributed by atoms with Crippen molar-refractivity contribution in [3.8, 4) is 5.75 Å². The van der Waals surface area contributed by atoms with Crippen molar-refractivity contribution >= 4 is 33.8 Å². The molecule has 2 aromatic carbocycles. The maximum atomic E-state index is 12.3. The van der Waals surface area contributed by atoms with Gasteiger partial charge in [-0.05, 0) is 55.7 Å². The zero-order valence-corrected chi connectivity index (χ0v) is 17.4. The second kappa shape index (κ2) is 8.40. The van der Waals surface area contributed by atoms with Crippen molar-refractivity contribution in [2.75, 3.05) is 4.90 Å². The average Bonchev–Trinajstić information content (AvgIpc) is 3.11. The molecule has 3 rings (SSSR count). The standard InChI is InChI=1S/C21H21N3O4S/c1-13-5-8-19(24(26)27)20(9-13)28-11-17-12-29-21(22-17)23(16(4)25)18-7-6-14(2)15(3)10-18/h5-10,12H,11H2,1-4H3. The van der Waals surface area contributed by atoms with Gasteiger partial charge in [0.1, 0.15) is 6.61 Å². The first-order valence-corrected chi connectivity index (χ1v) is 9.84. The predicted octanol–water partition coefficient (Wildman–Crippen LogP) is 5.24. The van der Waals surface area contributed by atoms with Gasteiger partial charge in [-0.1, -0.05) is 12.1 Å². The number of benzene rings is 2. The zero-order valence-electron chi connectivity index (χ0n) is 16.6. The van der Waals surface area contributed by atoms with Gasteiger partial charge in [0.15, 0.2) is 10.9 Å². The lowest BCUT2D eigenvalue weighted by Gasteiger charge is -2.19. The summed E-state index contributed by atoms with van der Waals surface area (Å²) in [4.78, 5) is 29.0. The Hall–Kier alpha value is -3.26. The highest BCUT2D eigenvalue weighted by Gasteiger charge is 2.20. The number of anilines is 2. The maximum Gasteiger partial charge on any atom is 0.310 e. The van der Waals surface area contributed by atoms with E-state index in [2.05, 4.69) is 4.98 Å². The summed E-state index contributed by atoms with van der Waals surface area (Å²) < 4.78 is 5.66. The van der Waals surface area contributed by atoms with Crippen molar-refractivity contribution in [2.45, 2.75) is 34.3 Å². The minimum absolute atomic E-state index is 0.0689. The van der Waals surface area contributed by atoms with Crippen LogP contribution in [0.1, 0.15) is 29.3 Å². The molecule has 0 bridgehead atoms. The molecule has 0 aliphatic carbocycles. The van der Waals surface area contributed by atoms with Gasteiger partial charge >= 0.3 is 5.69 Å². The zero-order chi connectivity index (χ0) is 21.1. The van der Waals surface area contributed by atoms with E-state index in [0.717, 1.165) is 22.4 Å². The summed E-state index contributed by atoms with van der Waals surface area (Å²) in [6, 6.07) is 10.5. The molecule has 1 heterocycles. The third-order valence-corrected chi connectivity index (χ3v) is 5.36. The van der Waals surface area contributed by atoms with E-state index in [1.54, 1.807) is 22.4 Å². The molecule has 0 saturated carbocycles. The number of carbonyl (C=O) groups excluding carboxylic acids is 1. The van der Waals surface area contributed by atoms with Gasteiger partial charge in [0.25, 0.3) is 0 Å². The summed E-state index contributed by atoms with van der Waals surface area (Å²) >= 11 is 1.32. The fourth-order valence-electron chi connectivity index (χ4n) is 2.80. The Morgan fingerprint density at radius 3 is 2.59 bits per heavy atom. The highest BCUT2D eigenvalue weighted by atomic mass is 32.1. The van der Waals surface area contributed by atoms with Crippen LogP contribution in [0, 0.1) is 30.9 Å². The fraction of sp³-hybridized carbons (Fsp3) is 0.238. The highest BCUT2D eigenvalue weighted by molar-refractivity contribution is 7.14. The van der Waals surface area contributed by atoms with Crippen molar-refractivity contribution in [3.05, 3.63) is 74.3 Å². The van der Waals surface area contributed by atoms with Crippen molar-refractivity contribution in [1.29, 1.82) is 0 Å². The van der Waals surface area contributed by atoms with Gasteiger partial charge in [-0.25, -0.2) is 4.98 Å². The van der Waals surface area contributed by atoms with E-state index in [4.69, 9.17) is 4.74 Å². The molecular formula is C21H21N3O4S. The summed E-state index contributed by atoms with van der Waals surface area (Å²) in [7, 11) is 0. The first-order valence-electron chi connectivity index (χ1n) is 8.96. The van der Waals surface area contributed by atoms with Crippen molar-refractivity contribution in [3.63, 3.8) is 0 Å². The highest BCUT2D eigenvalue weighted by Crippen LogP contribution is 2.32. The summed E-state index contributed by atoms with van der Waals surface area (Å²) in [5, 5.41) is 13.5. The summed E-state index contributed by atoms with van der Waals surface area (Å²) in [5.41, 5.74) is 4.34. The van der Waals surface area contributed by atoms with Gasteiger partial charge in [-0.3, -0.25) is 19.8 Å². The van der Waals surface area contributed by atoms with E-state index in [1.807, 2.05) is 39.0 Å². The minimum Gasteiger partial charge on any atom is -0.480 e. The summed E-state index contributed by atoms with van der Waals surface area (Å²) in [6.07, 6.45) is 0. The largest absolute Gasteiger partial charge is 0.480 e. The Kier molecular flexibility index (Phi) is 5.93. The van der Waals surface area contributed by atoms with Gasteiger partial charge in [-0.2, -0.15) is 0 Å². The molecule has 0 unspecified atom stereocenters. The van der Waals surface area contributed by atoms with Crippen LogP contribution >= 0.6 is 11.3 Å². The number of nitro groups is 1. The molecule has 3 aromatic rings. The Balaban J connectivity index is 1.82. The van der Waals surface area contributed by atoms with Crippen LogP contribution in [0.15, 0.2) is 41.8 Å². The molecule has 0 N–H and O–H groups in total. The molecule has 8 heteroatoms. The van der Waals surface area contributed by atoms with Crippen LogP contribution in [0.4, 0.5) is 16.5 Å². The number of nitro benzene ring substituents is 1. The lowest BCUT2D eigenvalue weighted by molar-refractivity contribution is -0.386. The lowest BCUT2D eigenvalue weighted by Crippen LogP contribution is -2.22. The Morgan fingerprint density at radius 1 is 1.17 bits per heavy atom. The first kappa shape index (κ1) is 20.5. The molecule has 0 radical (unpaired) electrons. The molecule has 0 atom stereocenters. The number of nitrogens with zero attached hydrogens (tertiary/aromatic N) is 3. The molecule has 7 nitrogen and oxygen atoms in total. The van der Waals surface area contributed by atoms with Gasteiger partial charge in [0, 0.05) is 18.4 Å². The van der Waals surface area contributed by atoms with Crippen LogP contribution in [0.5, 0.6) is 5.75 Å². The number of aromatic nitrogens is 1. The first-order chi connectivity index (χ1) is 13.8. The molecule has 0 saturated heterocycles.